The largest absolute Gasteiger partial charge is 0.395 e. The molecule has 0 atom stereocenters. The molecule has 3 N–H and O–H groups in total. The zero-order valence-corrected chi connectivity index (χ0v) is 11.1. The summed E-state index contributed by atoms with van der Waals surface area (Å²) in [4.78, 5) is -0.273. The molecule has 0 saturated carbocycles. The maximum Gasteiger partial charge on any atom is 0.245 e. The van der Waals surface area contributed by atoms with Crippen molar-refractivity contribution in [2.45, 2.75) is 24.8 Å². The molecule has 0 aromatic heterocycles. The van der Waals surface area contributed by atoms with Gasteiger partial charge in [-0.1, -0.05) is 6.07 Å². The molecule has 5 nitrogen and oxygen atoms in total. The number of nitrogens with two attached hydrogens (primary N) is 1. The fraction of sp³-hybridized carbons (Fsp3) is 0.455. The van der Waals surface area contributed by atoms with Gasteiger partial charge in [-0.05, 0) is 26.0 Å². The van der Waals surface area contributed by atoms with Gasteiger partial charge in [0.15, 0.2) is 0 Å². The van der Waals surface area contributed by atoms with Gasteiger partial charge in [0.2, 0.25) is 10.0 Å². The highest BCUT2D eigenvalue weighted by Crippen LogP contribution is 2.25. The van der Waals surface area contributed by atoms with Crippen molar-refractivity contribution in [1.29, 1.82) is 0 Å². The number of anilines is 1. The molecular formula is C11H17FN2O3S. The van der Waals surface area contributed by atoms with Crippen molar-refractivity contribution in [2.75, 3.05) is 18.9 Å². The Morgan fingerprint density at radius 1 is 1.44 bits per heavy atom. The van der Waals surface area contributed by atoms with E-state index < -0.39 is 21.5 Å². The van der Waals surface area contributed by atoms with E-state index >= 15 is 0 Å². The number of aliphatic hydroxyl groups is 1. The number of hydrogen-bond acceptors (Lipinski definition) is 4. The molecular weight excluding hydrogens is 259 g/mol. The third kappa shape index (κ3) is 2.80. The van der Waals surface area contributed by atoms with Crippen molar-refractivity contribution in [2.24, 2.45) is 0 Å². The number of aliphatic hydroxyl groups excluding tert-OH is 1. The molecule has 7 heteroatoms. The molecule has 0 bridgehead atoms. The van der Waals surface area contributed by atoms with Crippen LogP contribution in [0.5, 0.6) is 0 Å². The smallest absolute Gasteiger partial charge is 0.245 e. The lowest BCUT2D eigenvalue weighted by Crippen LogP contribution is -2.39. The van der Waals surface area contributed by atoms with E-state index in [1.54, 1.807) is 13.8 Å². The molecule has 0 aliphatic heterocycles. The number of halogens is 1. The second kappa shape index (κ2) is 5.64. The van der Waals surface area contributed by atoms with E-state index in [1.807, 2.05) is 0 Å². The van der Waals surface area contributed by atoms with Crippen LogP contribution in [0.1, 0.15) is 13.8 Å². The molecule has 1 rings (SSSR count). The van der Waals surface area contributed by atoms with E-state index in [0.29, 0.717) is 0 Å². The highest BCUT2D eigenvalue weighted by atomic mass is 32.2. The van der Waals surface area contributed by atoms with Crippen molar-refractivity contribution in [3.63, 3.8) is 0 Å². The maximum absolute atomic E-state index is 13.3. The molecule has 0 heterocycles. The minimum Gasteiger partial charge on any atom is -0.395 e. The molecule has 0 aliphatic rings. The Bertz CT molecular complexity index is 517. The molecule has 1 aromatic rings. The van der Waals surface area contributed by atoms with Crippen LogP contribution in [0.4, 0.5) is 10.1 Å². The first-order chi connectivity index (χ1) is 8.32. The third-order valence-electron chi connectivity index (χ3n) is 2.50. The van der Waals surface area contributed by atoms with Crippen LogP contribution in [-0.4, -0.2) is 37.0 Å². The van der Waals surface area contributed by atoms with Crippen LogP contribution in [0.2, 0.25) is 0 Å². The van der Waals surface area contributed by atoms with Gasteiger partial charge < -0.3 is 10.8 Å². The van der Waals surface area contributed by atoms with E-state index in [9.17, 15) is 12.8 Å². The van der Waals surface area contributed by atoms with Gasteiger partial charge in [0.05, 0.1) is 12.3 Å². The van der Waals surface area contributed by atoms with Gasteiger partial charge in [0, 0.05) is 12.6 Å². The van der Waals surface area contributed by atoms with Crippen LogP contribution in [-0.2, 0) is 10.0 Å². The van der Waals surface area contributed by atoms with Crippen molar-refractivity contribution in [3.8, 4) is 0 Å². The van der Waals surface area contributed by atoms with Gasteiger partial charge in [0.25, 0.3) is 0 Å². The van der Waals surface area contributed by atoms with Crippen molar-refractivity contribution >= 4 is 15.7 Å². The number of benzene rings is 1. The SMILES string of the molecule is CC(C)N(CCO)S(=O)(=O)c1cccc(F)c1N. The van der Waals surface area contributed by atoms with Crippen LogP contribution >= 0.6 is 0 Å². The zero-order chi connectivity index (χ0) is 13.9. The number of rotatable bonds is 5. The molecule has 0 spiro atoms. The van der Waals surface area contributed by atoms with Gasteiger partial charge in [0.1, 0.15) is 10.7 Å². The van der Waals surface area contributed by atoms with Crippen LogP contribution < -0.4 is 5.73 Å². The number of para-hydroxylation sites is 1. The molecule has 102 valence electrons. The van der Waals surface area contributed by atoms with E-state index in [-0.39, 0.29) is 24.1 Å². The summed E-state index contributed by atoms with van der Waals surface area (Å²) < 4.78 is 39.0. The van der Waals surface area contributed by atoms with Gasteiger partial charge in [-0.25, -0.2) is 12.8 Å². The second-order valence-corrected chi connectivity index (χ2v) is 5.94. The Morgan fingerprint density at radius 3 is 2.56 bits per heavy atom. The molecule has 0 amide bonds. The quantitative estimate of drug-likeness (QED) is 0.779. The first-order valence-electron chi connectivity index (χ1n) is 5.49. The minimum absolute atomic E-state index is 0.0596. The number of nitrogens with zero attached hydrogens (tertiary/aromatic N) is 1. The predicted octanol–water partition coefficient (Wildman–Crippen LogP) is 0.799. The average molecular weight is 276 g/mol. The highest BCUT2D eigenvalue weighted by molar-refractivity contribution is 7.89. The fourth-order valence-electron chi connectivity index (χ4n) is 1.62. The van der Waals surface area contributed by atoms with Crippen molar-refractivity contribution in [3.05, 3.63) is 24.0 Å². The molecule has 0 aliphatic carbocycles. The Balaban J connectivity index is 3.31. The average Bonchev–Trinajstić information content (AvgIpc) is 2.28. The van der Waals surface area contributed by atoms with Crippen molar-refractivity contribution < 1.29 is 17.9 Å². The van der Waals surface area contributed by atoms with Gasteiger partial charge in [-0.3, -0.25) is 0 Å². The molecule has 0 fully saturated rings. The summed E-state index contributed by atoms with van der Waals surface area (Å²) in [6.45, 7) is 2.97. The summed E-state index contributed by atoms with van der Waals surface area (Å²) >= 11 is 0. The highest BCUT2D eigenvalue weighted by Gasteiger charge is 2.29. The number of nitrogen functional groups attached to an aromatic ring is 1. The van der Waals surface area contributed by atoms with Crippen LogP contribution in [0.25, 0.3) is 0 Å². The predicted molar refractivity (Wildman–Crippen MR) is 66.9 cm³/mol. The third-order valence-corrected chi connectivity index (χ3v) is 4.63. The molecule has 0 radical (unpaired) electrons. The summed E-state index contributed by atoms with van der Waals surface area (Å²) in [5.41, 5.74) is 5.06. The van der Waals surface area contributed by atoms with Crippen LogP contribution in [0.15, 0.2) is 23.1 Å². The monoisotopic (exact) mass is 276 g/mol. The summed E-state index contributed by atoms with van der Waals surface area (Å²) in [6.07, 6.45) is 0. The first-order valence-corrected chi connectivity index (χ1v) is 6.93. The van der Waals surface area contributed by atoms with Crippen LogP contribution in [0.3, 0.4) is 0 Å². The molecule has 18 heavy (non-hydrogen) atoms. The lowest BCUT2D eigenvalue weighted by atomic mass is 10.3. The van der Waals surface area contributed by atoms with Crippen molar-refractivity contribution in [1.82, 2.24) is 4.31 Å². The lowest BCUT2D eigenvalue weighted by Gasteiger charge is -2.25. The fourth-order valence-corrected chi connectivity index (χ4v) is 3.38. The minimum atomic E-state index is -3.91. The first kappa shape index (κ1) is 14.9. The van der Waals surface area contributed by atoms with E-state index in [4.69, 9.17) is 10.8 Å². The molecule has 1 aromatic carbocycles. The Kier molecular flexibility index (Phi) is 4.66. The number of hydrogen-bond donors (Lipinski definition) is 2. The maximum atomic E-state index is 13.3. The molecule has 0 saturated heterocycles. The zero-order valence-electron chi connectivity index (χ0n) is 10.3. The van der Waals surface area contributed by atoms with Crippen LogP contribution in [0, 0.1) is 5.82 Å². The lowest BCUT2D eigenvalue weighted by molar-refractivity contribution is 0.236. The van der Waals surface area contributed by atoms with Gasteiger partial charge in [-0.15, -0.1) is 0 Å². The van der Waals surface area contributed by atoms with Gasteiger partial charge in [-0.2, -0.15) is 4.31 Å². The Labute approximate surface area is 106 Å². The normalized spacial score (nSPS) is 12.3. The standard InChI is InChI=1S/C11H17FN2O3S/c1-8(2)14(6-7-15)18(16,17)10-5-3-4-9(12)11(10)13/h3-5,8,15H,6-7,13H2,1-2H3. The summed E-state index contributed by atoms with van der Waals surface area (Å²) in [6, 6.07) is 3.28. The Hall–Kier alpha value is -1.18. The van der Waals surface area contributed by atoms with Gasteiger partial charge >= 0.3 is 0 Å². The summed E-state index contributed by atoms with van der Waals surface area (Å²) in [7, 11) is -3.91. The summed E-state index contributed by atoms with van der Waals surface area (Å²) in [5, 5.41) is 8.91. The van der Waals surface area contributed by atoms with E-state index in [1.165, 1.54) is 12.1 Å². The van der Waals surface area contributed by atoms with E-state index in [0.717, 1.165) is 10.4 Å². The molecule has 0 unspecified atom stereocenters. The summed E-state index contributed by atoms with van der Waals surface area (Å²) in [5.74, 6) is -0.774. The topological polar surface area (TPSA) is 83.6 Å². The second-order valence-electron chi connectivity index (χ2n) is 4.08. The van der Waals surface area contributed by atoms with E-state index in [2.05, 4.69) is 0 Å². The Morgan fingerprint density at radius 2 is 2.06 bits per heavy atom. The number of sulfonamides is 1.